The zero-order chi connectivity index (χ0) is 11.9. The summed E-state index contributed by atoms with van der Waals surface area (Å²) in [5.41, 5.74) is 2.40. The zero-order valence-corrected chi connectivity index (χ0v) is 10.1. The maximum Gasteiger partial charge on any atom is 0.227 e. The normalized spacial score (nSPS) is 20.9. The summed E-state index contributed by atoms with van der Waals surface area (Å²) in [4.78, 5) is 14.2. The third-order valence-electron chi connectivity index (χ3n) is 4.02. The average molecular weight is 231 g/mol. The molecule has 0 bridgehead atoms. The lowest BCUT2D eigenvalue weighted by molar-refractivity contribution is -0.199. The third kappa shape index (κ3) is 1.65. The van der Waals surface area contributed by atoms with Gasteiger partial charge in [0.25, 0.3) is 0 Å². The van der Waals surface area contributed by atoms with E-state index in [1.165, 1.54) is 5.56 Å². The fourth-order valence-electron chi connectivity index (χ4n) is 2.63. The second-order valence-electron chi connectivity index (χ2n) is 5.12. The molecule has 1 aromatic carbocycles. The van der Waals surface area contributed by atoms with Crippen LogP contribution in [-0.4, -0.2) is 36.1 Å². The van der Waals surface area contributed by atoms with E-state index in [2.05, 4.69) is 13.0 Å². The molecule has 0 N–H and O–H groups in total. The lowest BCUT2D eigenvalue weighted by Gasteiger charge is -2.57. The molecule has 0 aromatic heterocycles. The van der Waals surface area contributed by atoms with E-state index >= 15 is 0 Å². The molecule has 3 heteroatoms. The first kappa shape index (κ1) is 10.8. The first-order valence-electron chi connectivity index (χ1n) is 6.14. The van der Waals surface area contributed by atoms with Crippen molar-refractivity contribution < 1.29 is 9.53 Å². The number of rotatable bonds is 2. The quantitative estimate of drug-likeness (QED) is 0.772. The predicted molar refractivity (Wildman–Crippen MR) is 64.8 cm³/mol. The van der Waals surface area contributed by atoms with Crippen molar-refractivity contribution in [2.45, 2.75) is 25.3 Å². The van der Waals surface area contributed by atoms with Crippen molar-refractivity contribution in [3.05, 3.63) is 35.4 Å². The first-order chi connectivity index (χ1) is 8.21. The highest BCUT2D eigenvalue weighted by Crippen LogP contribution is 2.37. The molecule has 3 rings (SSSR count). The number of hydrogen-bond acceptors (Lipinski definition) is 2. The van der Waals surface area contributed by atoms with Crippen LogP contribution in [-0.2, 0) is 16.0 Å². The largest absolute Gasteiger partial charge is 0.376 e. The predicted octanol–water partition coefficient (Wildman–Crippen LogP) is 1.54. The van der Waals surface area contributed by atoms with Crippen LogP contribution in [0.15, 0.2) is 24.3 Å². The van der Waals surface area contributed by atoms with E-state index in [1.807, 2.05) is 23.1 Å². The van der Waals surface area contributed by atoms with E-state index in [0.717, 1.165) is 31.7 Å². The Balaban J connectivity index is 1.70. The van der Waals surface area contributed by atoms with E-state index in [-0.39, 0.29) is 11.4 Å². The van der Waals surface area contributed by atoms with Crippen LogP contribution in [0.4, 0.5) is 0 Å². The lowest BCUT2D eigenvalue weighted by atomic mass is 9.82. The summed E-state index contributed by atoms with van der Waals surface area (Å²) in [5, 5.41) is 0. The van der Waals surface area contributed by atoms with Gasteiger partial charge in [-0.15, -0.1) is 0 Å². The maximum absolute atomic E-state index is 12.2. The van der Waals surface area contributed by atoms with Crippen LogP contribution in [0.3, 0.4) is 0 Å². The number of nitrogens with zero attached hydrogens (tertiary/aromatic N) is 1. The van der Waals surface area contributed by atoms with Gasteiger partial charge >= 0.3 is 0 Å². The Hall–Kier alpha value is -1.35. The molecule has 2 aliphatic heterocycles. The molecule has 90 valence electrons. The fraction of sp³-hybridized carbons (Fsp3) is 0.500. The maximum atomic E-state index is 12.2. The molecule has 2 fully saturated rings. The van der Waals surface area contributed by atoms with Crippen LogP contribution in [0, 0.1) is 6.92 Å². The Morgan fingerprint density at radius 1 is 1.41 bits per heavy atom. The molecule has 2 heterocycles. The highest BCUT2D eigenvalue weighted by molar-refractivity contribution is 5.81. The van der Waals surface area contributed by atoms with E-state index < -0.39 is 0 Å². The summed E-state index contributed by atoms with van der Waals surface area (Å²) in [6.07, 6.45) is 1.63. The molecular formula is C14H17NO2. The molecule has 2 saturated heterocycles. The van der Waals surface area contributed by atoms with E-state index in [0.29, 0.717) is 6.42 Å². The Kier molecular flexibility index (Phi) is 2.44. The van der Waals surface area contributed by atoms with Gasteiger partial charge in [-0.3, -0.25) is 4.79 Å². The summed E-state index contributed by atoms with van der Waals surface area (Å²) in [6, 6.07) is 8.10. The Bertz CT molecular complexity index is 446. The molecule has 0 saturated carbocycles. The van der Waals surface area contributed by atoms with Gasteiger partial charge in [-0.25, -0.2) is 0 Å². The Labute approximate surface area is 101 Å². The topological polar surface area (TPSA) is 29.5 Å². The van der Waals surface area contributed by atoms with Gasteiger partial charge in [0.2, 0.25) is 5.91 Å². The van der Waals surface area contributed by atoms with Gasteiger partial charge in [0.15, 0.2) is 0 Å². The number of aryl methyl sites for hydroxylation is 1. The van der Waals surface area contributed by atoms with Gasteiger partial charge in [0, 0.05) is 6.54 Å². The standard InChI is InChI=1S/C14H17NO2/c1-11-4-2-3-5-12(11)8-13(16)15-7-6-14(15)9-17-10-14/h2-5H,6-10H2,1H3. The smallest absolute Gasteiger partial charge is 0.227 e. The van der Waals surface area contributed by atoms with Crippen LogP contribution < -0.4 is 0 Å². The van der Waals surface area contributed by atoms with E-state index in [4.69, 9.17) is 4.74 Å². The number of likely N-dealkylation sites (tertiary alicyclic amines) is 1. The number of hydrogen-bond donors (Lipinski definition) is 0. The third-order valence-corrected chi connectivity index (χ3v) is 4.02. The van der Waals surface area contributed by atoms with Gasteiger partial charge in [-0.1, -0.05) is 24.3 Å². The SMILES string of the molecule is Cc1ccccc1CC(=O)N1CCC12COC2. The number of benzene rings is 1. The van der Waals surface area contributed by atoms with Crippen molar-refractivity contribution in [1.29, 1.82) is 0 Å². The number of amides is 1. The van der Waals surface area contributed by atoms with Crippen LogP contribution in [0.25, 0.3) is 0 Å². The second kappa shape index (κ2) is 3.84. The van der Waals surface area contributed by atoms with Crippen LogP contribution >= 0.6 is 0 Å². The minimum absolute atomic E-state index is 0.0692. The van der Waals surface area contributed by atoms with Crippen LogP contribution in [0.2, 0.25) is 0 Å². The van der Waals surface area contributed by atoms with Crippen molar-refractivity contribution in [2.24, 2.45) is 0 Å². The Morgan fingerprint density at radius 3 is 2.71 bits per heavy atom. The van der Waals surface area contributed by atoms with Gasteiger partial charge in [0.1, 0.15) is 0 Å². The molecule has 0 unspecified atom stereocenters. The van der Waals surface area contributed by atoms with E-state index in [9.17, 15) is 4.79 Å². The van der Waals surface area contributed by atoms with Crippen molar-refractivity contribution in [3.8, 4) is 0 Å². The second-order valence-corrected chi connectivity index (χ2v) is 5.12. The van der Waals surface area contributed by atoms with Crippen LogP contribution in [0.1, 0.15) is 17.5 Å². The van der Waals surface area contributed by atoms with Crippen molar-refractivity contribution in [2.75, 3.05) is 19.8 Å². The average Bonchev–Trinajstić information content (AvgIpc) is 2.17. The summed E-state index contributed by atoms with van der Waals surface area (Å²) >= 11 is 0. The van der Waals surface area contributed by atoms with E-state index in [1.54, 1.807) is 0 Å². The summed E-state index contributed by atoms with van der Waals surface area (Å²) < 4.78 is 5.24. The summed E-state index contributed by atoms with van der Waals surface area (Å²) in [5.74, 6) is 0.244. The minimum Gasteiger partial charge on any atom is -0.376 e. The molecule has 1 amide bonds. The monoisotopic (exact) mass is 231 g/mol. The molecule has 0 radical (unpaired) electrons. The van der Waals surface area contributed by atoms with Gasteiger partial charge in [0.05, 0.1) is 25.2 Å². The Morgan fingerprint density at radius 2 is 2.18 bits per heavy atom. The molecular weight excluding hydrogens is 214 g/mol. The molecule has 0 atom stereocenters. The fourth-order valence-corrected chi connectivity index (χ4v) is 2.63. The van der Waals surface area contributed by atoms with Crippen LogP contribution in [0.5, 0.6) is 0 Å². The first-order valence-corrected chi connectivity index (χ1v) is 6.14. The molecule has 2 aliphatic rings. The van der Waals surface area contributed by atoms with Crippen molar-refractivity contribution >= 4 is 5.91 Å². The lowest BCUT2D eigenvalue weighted by Crippen LogP contribution is -2.72. The summed E-state index contributed by atoms with van der Waals surface area (Å²) in [7, 11) is 0. The van der Waals surface area contributed by atoms with Gasteiger partial charge in [-0.05, 0) is 24.5 Å². The molecule has 1 spiro atoms. The highest BCUT2D eigenvalue weighted by Gasteiger charge is 2.52. The highest BCUT2D eigenvalue weighted by atomic mass is 16.5. The number of carbonyl (C=O) groups is 1. The van der Waals surface area contributed by atoms with Crippen molar-refractivity contribution in [1.82, 2.24) is 4.90 Å². The molecule has 1 aromatic rings. The molecule has 0 aliphatic carbocycles. The molecule has 3 nitrogen and oxygen atoms in total. The number of ether oxygens (including phenoxy) is 1. The van der Waals surface area contributed by atoms with Crippen molar-refractivity contribution in [3.63, 3.8) is 0 Å². The van der Waals surface area contributed by atoms with Gasteiger partial charge in [-0.2, -0.15) is 0 Å². The summed E-state index contributed by atoms with van der Waals surface area (Å²) in [6.45, 7) is 4.41. The zero-order valence-electron chi connectivity index (χ0n) is 10.1. The minimum atomic E-state index is 0.0692. The molecule has 17 heavy (non-hydrogen) atoms. The number of carbonyl (C=O) groups excluding carboxylic acids is 1. The van der Waals surface area contributed by atoms with Gasteiger partial charge < -0.3 is 9.64 Å².